The van der Waals surface area contributed by atoms with Crippen LogP contribution < -0.4 is 17.0 Å². The number of likely N-dealkylation sites (N-methyl/N-ethyl adjacent to an activating group) is 1. The van der Waals surface area contributed by atoms with Crippen LogP contribution in [0.4, 0.5) is 0 Å². The lowest BCUT2D eigenvalue weighted by molar-refractivity contribution is -0.864. The third-order valence-electron chi connectivity index (χ3n) is 0.951. The highest BCUT2D eigenvalue weighted by Gasteiger charge is 2.07. The van der Waals surface area contributed by atoms with E-state index in [-0.39, 0.29) is 17.0 Å². The summed E-state index contributed by atoms with van der Waals surface area (Å²) < 4.78 is 0.976. The smallest absolute Gasteiger partial charge is 0.0964 e. The average Bonchev–Trinajstić information content (AvgIpc) is 1.84. The number of hydrogen-bond acceptors (Lipinski definition) is 2. The number of quaternary nitrogens is 1. The molecule has 0 aromatic heterocycles. The number of halogens is 1. The van der Waals surface area contributed by atoms with Gasteiger partial charge in [-0.05, 0) is 26.8 Å². The molecule has 0 rings (SSSR count). The van der Waals surface area contributed by atoms with E-state index in [1.807, 2.05) is 6.08 Å². The van der Waals surface area contributed by atoms with Gasteiger partial charge in [-0.1, -0.05) is 6.58 Å². The van der Waals surface area contributed by atoms with Crippen molar-refractivity contribution in [2.24, 2.45) is 0 Å². The minimum absolute atomic E-state index is 0. The molecule has 3 nitrogen and oxygen atoms in total. The second-order valence-corrected chi connectivity index (χ2v) is 4.97. The zero-order chi connectivity index (χ0) is 11.1. The maximum atomic E-state index is 7.90. The first kappa shape index (κ1) is 19.6. The van der Waals surface area contributed by atoms with Gasteiger partial charge in [-0.2, -0.15) is 0 Å². The second kappa shape index (κ2) is 8.41. The van der Waals surface area contributed by atoms with E-state index in [2.05, 4.69) is 32.6 Å². The predicted octanol–water partition coefficient (Wildman–Crippen LogP) is -0.843. The molecule has 0 fully saturated rings. The molecule has 0 atom stereocenters. The molecule has 14 heavy (non-hydrogen) atoms. The summed E-state index contributed by atoms with van der Waals surface area (Å²) in [6, 6.07) is 0. The lowest BCUT2D eigenvalue weighted by Gasteiger charge is -2.21. The summed E-state index contributed by atoms with van der Waals surface area (Å²) in [4.78, 5) is 3.94. The van der Waals surface area contributed by atoms with Crippen LogP contribution in [0.2, 0.25) is 0 Å². The maximum Gasteiger partial charge on any atom is 0.0964 e. The van der Waals surface area contributed by atoms with Crippen molar-refractivity contribution in [3.8, 4) is 0 Å². The molecule has 0 saturated carbocycles. The second-order valence-electron chi connectivity index (χ2n) is 4.97. The first-order valence-corrected chi connectivity index (χ1v) is 4.36. The fourth-order valence-electron chi connectivity index (χ4n) is 0.387. The van der Waals surface area contributed by atoms with E-state index in [1.54, 1.807) is 20.8 Å². The zero-order valence-electron chi connectivity index (χ0n) is 10.2. The molecule has 1 N–H and O–H groups in total. The molecule has 0 spiro atoms. The summed E-state index contributed by atoms with van der Waals surface area (Å²) in [5.74, 6) is 0. The minimum Gasteiger partial charge on any atom is -1.00 e. The van der Waals surface area contributed by atoms with Crippen LogP contribution in [0.5, 0.6) is 0 Å². The van der Waals surface area contributed by atoms with E-state index in [9.17, 15) is 0 Å². The third-order valence-corrected chi connectivity index (χ3v) is 0.951. The van der Waals surface area contributed by atoms with Gasteiger partial charge < -0.3 is 21.5 Å². The van der Waals surface area contributed by atoms with Gasteiger partial charge in [0.25, 0.3) is 0 Å². The minimum atomic E-state index is -0.403. The SMILES string of the molecule is C=CC[N+](C)(C)C.CC(C)(C)OO.[Br-]. The fourth-order valence-corrected chi connectivity index (χ4v) is 0.387. The van der Waals surface area contributed by atoms with Crippen LogP contribution in [0.3, 0.4) is 0 Å². The van der Waals surface area contributed by atoms with Crippen molar-refractivity contribution in [1.29, 1.82) is 0 Å². The zero-order valence-corrected chi connectivity index (χ0v) is 11.8. The van der Waals surface area contributed by atoms with E-state index in [0.717, 1.165) is 11.0 Å². The summed E-state index contributed by atoms with van der Waals surface area (Å²) >= 11 is 0. The van der Waals surface area contributed by atoms with Gasteiger partial charge in [0.05, 0.1) is 33.3 Å². The van der Waals surface area contributed by atoms with Crippen molar-refractivity contribution in [2.75, 3.05) is 27.7 Å². The van der Waals surface area contributed by atoms with Gasteiger partial charge in [-0.3, -0.25) is 5.26 Å². The van der Waals surface area contributed by atoms with Crippen molar-refractivity contribution in [2.45, 2.75) is 26.4 Å². The molecule has 0 saturated heterocycles. The van der Waals surface area contributed by atoms with Gasteiger partial charge in [0, 0.05) is 0 Å². The van der Waals surface area contributed by atoms with Gasteiger partial charge in [0.2, 0.25) is 0 Å². The molecular formula is C10H24BrNO2. The van der Waals surface area contributed by atoms with Gasteiger partial charge in [-0.25, -0.2) is 4.89 Å². The molecule has 0 amide bonds. The van der Waals surface area contributed by atoms with Crippen LogP contribution in [0, 0.1) is 0 Å². The molecule has 0 aliphatic heterocycles. The highest BCUT2D eigenvalue weighted by molar-refractivity contribution is 4.63. The van der Waals surface area contributed by atoms with Crippen molar-refractivity contribution in [1.82, 2.24) is 0 Å². The molecule has 0 radical (unpaired) electrons. The molecule has 0 aromatic rings. The Hall–Kier alpha value is 0.100. The Morgan fingerprint density at radius 3 is 1.57 bits per heavy atom. The lowest BCUT2D eigenvalue weighted by atomic mass is 10.2. The summed E-state index contributed by atoms with van der Waals surface area (Å²) in [5.41, 5.74) is -0.403. The van der Waals surface area contributed by atoms with Crippen LogP contribution in [0.1, 0.15) is 20.8 Å². The van der Waals surface area contributed by atoms with E-state index in [1.165, 1.54) is 0 Å². The monoisotopic (exact) mass is 269 g/mol. The lowest BCUT2D eigenvalue weighted by Crippen LogP contribution is -3.00. The molecule has 0 aliphatic carbocycles. The normalized spacial score (nSPS) is 10.8. The highest BCUT2D eigenvalue weighted by atomic mass is 79.9. The topological polar surface area (TPSA) is 29.5 Å². The Bertz CT molecular complexity index is 136. The molecule has 0 bridgehead atoms. The van der Waals surface area contributed by atoms with Gasteiger partial charge in [0.1, 0.15) is 0 Å². The number of hydrogen-bond donors (Lipinski definition) is 1. The quantitative estimate of drug-likeness (QED) is 0.307. The van der Waals surface area contributed by atoms with E-state index >= 15 is 0 Å². The average molecular weight is 270 g/mol. The molecule has 0 heterocycles. The predicted molar refractivity (Wildman–Crippen MR) is 56.6 cm³/mol. The van der Waals surface area contributed by atoms with Crippen LogP contribution in [-0.4, -0.2) is 43.0 Å². The Labute approximate surface area is 98.7 Å². The van der Waals surface area contributed by atoms with Crippen molar-refractivity contribution in [3.63, 3.8) is 0 Å². The number of rotatable bonds is 2. The van der Waals surface area contributed by atoms with E-state index in [0.29, 0.717) is 0 Å². The first-order chi connectivity index (χ1) is 5.62. The fraction of sp³-hybridized carbons (Fsp3) is 0.800. The maximum absolute atomic E-state index is 7.90. The van der Waals surface area contributed by atoms with Crippen LogP contribution in [-0.2, 0) is 4.89 Å². The van der Waals surface area contributed by atoms with E-state index in [4.69, 9.17) is 5.26 Å². The molecule has 88 valence electrons. The summed E-state index contributed by atoms with van der Waals surface area (Å²) in [7, 11) is 6.42. The van der Waals surface area contributed by atoms with Crippen LogP contribution >= 0.6 is 0 Å². The van der Waals surface area contributed by atoms with Crippen molar-refractivity contribution in [3.05, 3.63) is 12.7 Å². The standard InChI is InChI=1S/C6H14N.C4H10O2.BrH/c1-5-6-7(2,3)4;1-4(2,3)6-5;/h5H,1,6H2,2-4H3;5H,1-3H3;1H/q+1;;/p-1. The summed E-state index contributed by atoms with van der Waals surface area (Å²) in [5, 5.41) is 7.90. The Balaban J connectivity index is -0.000000163. The summed E-state index contributed by atoms with van der Waals surface area (Å²) in [6.07, 6.45) is 1.93. The Kier molecular flexibility index (Phi) is 11.8. The van der Waals surface area contributed by atoms with Crippen LogP contribution in [0.25, 0.3) is 0 Å². The first-order valence-electron chi connectivity index (χ1n) is 4.36. The van der Waals surface area contributed by atoms with E-state index < -0.39 is 5.60 Å². The highest BCUT2D eigenvalue weighted by Crippen LogP contribution is 2.01. The molecule has 4 heteroatoms. The van der Waals surface area contributed by atoms with Gasteiger partial charge in [-0.15, -0.1) is 0 Å². The number of nitrogens with zero attached hydrogens (tertiary/aromatic N) is 1. The largest absolute Gasteiger partial charge is 1.00 e. The van der Waals surface area contributed by atoms with Crippen molar-refractivity contribution >= 4 is 0 Å². The van der Waals surface area contributed by atoms with Crippen molar-refractivity contribution < 1.29 is 31.6 Å². The molecule has 0 aromatic carbocycles. The Morgan fingerprint density at radius 1 is 1.29 bits per heavy atom. The summed E-state index contributed by atoms with van der Waals surface area (Å²) in [6.45, 7) is 9.98. The molecule has 0 unspecified atom stereocenters. The Morgan fingerprint density at radius 2 is 1.57 bits per heavy atom. The van der Waals surface area contributed by atoms with Gasteiger partial charge >= 0.3 is 0 Å². The van der Waals surface area contributed by atoms with Gasteiger partial charge in [0.15, 0.2) is 0 Å². The third kappa shape index (κ3) is 29.6. The van der Waals surface area contributed by atoms with Crippen LogP contribution in [0.15, 0.2) is 12.7 Å². The molecule has 0 aliphatic rings. The molecular weight excluding hydrogens is 246 g/mol.